The fourth-order valence-corrected chi connectivity index (χ4v) is 2.53. The number of hydrogen-bond acceptors (Lipinski definition) is 3. The van der Waals surface area contributed by atoms with Crippen molar-refractivity contribution in [3.05, 3.63) is 57.7 Å². The molecule has 2 N–H and O–H groups in total. The van der Waals surface area contributed by atoms with Crippen LogP contribution in [-0.4, -0.2) is 12.0 Å². The van der Waals surface area contributed by atoms with Crippen molar-refractivity contribution >= 4 is 21.7 Å². The summed E-state index contributed by atoms with van der Waals surface area (Å²) in [5.74, 6) is 0.957. The molecule has 0 saturated heterocycles. The Hall–Kier alpha value is -1.39. The van der Waals surface area contributed by atoms with E-state index in [1.54, 1.807) is 0 Å². The van der Waals surface area contributed by atoms with Crippen molar-refractivity contribution < 1.29 is 0 Å². The summed E-state index contributed by atoms with van der Waals surface area (Å²) in [6.45, 7) is 3.45. The molecular weight excluding hydrogens is 302 g/mol. The quantitative estimate of drug-likeness (QED) is 0.940. The molecule has 0 atom stereocenters. The van der Waals surface area contributed by atoms with E-state index < -0.39 is 0 Å². The second-order valence-electron chi connectivity index (χ2n) is 4.65. The van der Waals surface area contributed by atoms with Gasteiger partial charge in [0.25, 0.3) is 0 Å². The van der Waals surface area contributed by atoms with Crippen molar-refractivity contribution in [2.75, 3.05) is 11.9 Å². The summed E-state index contributed by atoms with van der Waals surface area (Å²) >= 11 is 3.60. The summed E-state index contributed by atoms with van der Waals surface area (Å²) in [6, 6.07) is 10.3. The van der Waals surface area contributed by atoms with Crippen molar-refractivity contribution in [2.24, 2.45) is 5.73 Å². The van der Waals surface area contributed by atoms with Crippen LogP contribution in [0.25, 0.3) is 0 Å². The molecule has 0 radical (unpaired) electrons. The Kier molecular flexibility index (Phi) is 4.56. The topological polar surface area (TPSA) is 42.2 Å². The predicted molar refractivity (Wildman–Crippen MR) is 83.1 cm³/mol. The molecule has 0 unspecified atom stereocenters. The van der Waals surface area contributed by atoms with Crippen LogP contribution in [0.3, 0.4) is 0 Å². The van der Waals surface area contributed by atoms with Crippen LogP contribution >= 0.6 is 15.9 Å². The summed E-state index contributed by atoms with van der Waals surface area (Å²) < 4.78 is 1.05. The highest BCUT2D eigenvalue weighted by molar-refractivity contribution is 9.10. The number of nitrogens with zero attached hydrogens (tertiary/aromatic N) is 2. The van der Waals surface area contributed by atoms with E-state index in [9.17, 15) is 0 Å². The molecule has 19 heavy (non-hydrogen) atoms. The van der Waals surface area contributed by atoms with Gasteiger partial charge in [-0.2, -0.15) is 0 Å². The number of anilines is 1. The number of pyridine rings is 1. The van der Waals surface area contributed by atoms with Crippen LogP contribution in [0.15, 0.2) is 41.0 Å². The number of nitrogens with two attached hydrogens (primary N) is 1. The highest BCUT2D eigenvalue weighted by Gasteiger charge is 2.09. The predicted octanol–water partition coefficient (Wildman–Crippen LogP) is 3.25. The number of hydrogen-bond donors (Lipinski definition) is 1. The minimum atomic E-state index is 0.573. The SMILES string of the molecule is Cc1ccnc(N(C)Cc2cccc(CN)c2)c1Br. The van der Waals surface area contributed by atoms with Gasteiger partial charge >= 0.3 is 0 Å². The van der Waals surface area contributed by atoms with Gasteiger partial charge in [0.05, 0.1) is 4.47 Å². The first-order chi connectivity index (χ1) is 9.11. The molecule has 0 spiro atoms. The number of aromatic nitrogens is 1. The molecule has 100 valence electrons. The molecule has 1 aromatic heterocycles. The van der Waals surface area contributed by atoms with Crippen molar-refractivity contribution in [3.63, 3.8) is 0 Å². The van der Waals surface area contributed by atoms with Crippen LogP contribution in [0.1, 0.15) is 16.7 Å². The second kappa shape index (κ2) is 6.17. The lowest BCUT2D eigenvalue weighted by atomic mass is 10.1. The molecule has 4 heteroatoms. The molecule has 2 rings (SSSR count). The Labute approximate surface area is 122 Å². The molecule has 0 aliphatic carbocycles. The Bertz CT molecular complexity index is 569. The Morgan fingerprint density at radius 1 is 1.26 bits per heavy atom. The summed E-state index contributed by atoms with van der Waals surface area (Å²) in [4.78, 5) is 6.56. The molecule has 3 nitrogen and oxygen atoms in total. The lowest BCUT2D eigenvalue weighted by Gasteiger charge is -2.20. The molecular formula is C15H18BrN3. The molecule has 0 aliphatic rings. The number of halogens is 1. The van der Waals surface area contributed by atoms with Crippen molar-refractivity contribution in [1.82, 2.24) is 4.98 Å². The highest BCUT2D eigenvalue weighted by atomic mass is 79.9. The highest BCUT2D eigenvalue weighted by Crippen LogP contribution is 2.26. The first kappa shape index (κ1) is 14.0. The summed E-state index contributed by atoms with van der Waals surface area (Å²) in [7, 11) is 2.04. The molecule has 0 amide bonds. The zero-order valence-corrected chi connectivity index (χ0v) is 12.8. The van der Waals surface area contributed by atoms with Crippen molar-refractivity contribution in [2.45, 2.75) is 20.0 Å². The standard InChI is InChI=1S/C15H18BrN3/c1-11-6-7-18-15(14(11)16)19(2)10-13-5-3-4-12(8-13)9-17/h3-8H,9-10,17H2,1-2H3. The normalized spacial score (nSPS) is 10.5. The first-order valence-corrected chi connectivity index (χ1v) is 7.01. The maximum absolute atomic E-state index is 5.67. The summed E-state index contributed by atoms with van der Waals surface area (Å²) in [5.41, 5.74) is 9.25. The zero-order valence-electron chi connectivity index (χ0n) is 11.2. The van der Waals surface area contributed by atoms with Gasteiger partial charge in [-0.05, 0) is 45.6 Å². The summed E-state index contributed by atoms with van der Waals surface area (Å²) in [6.07, 6.45) is 1.84. The average Bonchev–Trinajstić information content (AvgIpc) is 2.42. The first-order valence-electron chi connectivity index (χ1n) is 6.22. The van der Waals surface area contributed by atoms with Gasteiger partial charge in [0.2, 0.25) is 0 Å². The van der Waals surface area contributed by atoms with Gasteiger partial charge in [-0.3, -0.25) is 0 Å². The minimum absolute atomic E-state index is 0.573. The van der Waals surface area contributed by atoms with Crippen LogP contribution in [0.4, 0.5) is 5.82 Å². The summed E-state index contributed by atoms with van der Waals surface area (Å²) in [5, 5.41) is 0. The van der Waals surface area contributed by atoms with Gasteiger partial charge in [0, 0.05) is 26.3 Å². The second-order valence-corrected chi connectivity index (χ2v) is 5.44. The van der Waals surface area contributed by atoms with Gasteiger partial charge in [0.15, 0.2) is 0 Å². The van der Waals surface area contributed by atoms with Crippen LogP contribution < -0.4 is 10.6 Å². The Morgan fingerprint density at radius 2 is 2.00 bits per heavy atom. The van der Waals surface area contributed by atoms with Crippen LogP contribution in [-0.2, 0) is 13.1 Å². The van der Waals surface area contributed by atoms with E-state index >= 15 is 0 Å². The van der Waals surface area contributed by atoms with Crippen LogP contribution in [0.2, 0.25) is 0 Å². The molecule has 0 saturated carbocycles. The number of aryl methyl sites for hydroxylation is 1. The maximum atomic E-state index is 5.67. The minimum Gasteiger partial charge on any atom is -0.354 e. The molecule has 1 heterocycles. The third-order valence-corrected chi connectivity index (χ3v) is 4.05. The Balaban J connectivity index is 2.20. The van der Waals surface area contributed by atoms with E-state index in [1.165, 1.54) is 11.1 Å². The molecule has 0 bridgehead atoms. The molecule has 1 aromatic carbocycles. The maximum Gasteiger partial charge on any atom is 0.143 e. The van der Waals surface area contributed by atoms with E-state index in [0.717, 1.165) is 22.4 Å². The van der Waals surface area contributed by atoms with Crippen LogP contribution in [0.5, 0.6) is 0 Å². The number of rotatable bonds is 4. The van der Waals surface area contributed by atoms with E-state index in [0.29, 0.717) is 6.54 Å². The number of benzene rings is 1. The van der Waals surface area contributed by atoms with E-state index in [4.69, 9.17) is 5.73 Å². The monoisotopic (exact) mass is 319 g/mol. The molecule has 0 fully saturated rings. The largest absolute Gasteiger partial charge is 0.354 e. The molecule has 2 aromatic rings. The van der Waals surface area contributed by atoms with Crippen LogP contribution in [0, 0.1) is 6.92 Å². The third kappa shape index (κ3) is 3.33. The molecule has 0 aliphatic heterocycles. The van der Waals surface area contributed by atoms with E-state index in [1.807, 2.05) is 31.4 Å². The lowest BCUT2D eigenvalue weighted by Crippen LogP contribution is -2.18. The van der Waals surface area contributed by atoms with Gasteiger partial charge in [-0.25, -0.2) is 4.98 Å². The van der Waals surface area contributed by atoms with Crippen molar-refractivity contribution in [1.29, 1.82) is 0 Å². The smallest absolute Gasteiger partial charge is 0.143 e. The zero-order chi connectivity index (χ0) is 13.8. The van der Waals surface area contributed by atoms with Gasteiger partial charge in [0.1, 0.15) is 5.82 Å². The lowest BCUT2D eigenvalue weighted by molar-refractivity contribution is 0.888. The van der Waals surface area contributed by atoms with Gasteiger partial charge in [-0.15, -0.1) is 0 Å². The van der Waals surface area contributed by atoms with Gasteiger partial charge < -0.3 is 10.6 Å². The fraction of sp³-hybridized carbons (Fsp3) is 0.267. The third-order valence-electron chi connectivity index (χ3n) is 3.07. The van der Waals surface area contributed by atoms with Gasteiger partial charge in [-0.1, -0.05) is 24.3 Å². The Morgan fingerprint density at radius 3 is 2.74 bits per heavy atom. The van der Waals surface area contributed by atoms with Crippen molar-refractivity contribution in [3.8, 4) is 0 Å². The fourth-order valence-electron chi connectivity index (χ4n) is 2.00. The van der Waals surface area contributed by atoms with E-state index in [2.05, 4.69) is 44.9 Å². The average molecular weight is 320 g/mol. The van der Waals surface area contributed by atoms with E-state index in [-0.39, 0.29) is 0 Å².